The zero-order valence-corrected chi connectivity index (χ0v) is 12.6. The lowest BCUT2D eigenvalue weighted by Gasteiger charge is -2.27. The van der Waals surface area contributed by atoms with E-state index < -0.39 is 11.9 Å². The number of aliphatic carboxylic acids is 1. The molecule has 0 heterocycles. The Morgan fingerprint density at radius 1 is 1.00 bits per heavy atom. The lowest BCUT2D eigenvalue weighted by molar-refractivity contribution is -0.146. The summed E-state index contributed by atoms with van der Waals surface area (Å²) in [5, 5.41) is 12.2. The molecule has 3 atom stereocenters. The van der Waals surface area contributed by atoms with Gasteiger partial charge in [0.2, 0.25) is 5.91 Å². The van der Waals surface area contributed by atoms with Crippen molar-refractivity contribution in [1.29, 1.82) is 0 Å². The monoisotopic (exact) mass is 281 g/mol. The first-order valence-corrected chi connectivity index (χ1v) is 7.98. The van der Waals surface area contributed by atoms with E-state index in [1.165, 1.54) is 25.7 Å². The summed E-state index contributed by atoms with van der Waals surface area (Å²) in [6.07, 6.45) is 6.21. The van der Waals surface area contributed by atoms with Crippen molar-refractivity contribution in [2.24, 2.45) is 29.6 Å². The van der Waals surface area contributed by atoms with Crippen LogP contribution in [0.5, 0.6) is 0 Å². The molecule has 1 amide bonds. The van der Waals surface area contributed by atoms with Gasteiger partial charge in [0.25, 0.3) is 0 Å². The summed E-state index contributed by atoms with van der Waals surface area (Å²) in [6, 6.07) is 0. The van der Waals surface area contributed by atoms with Crippen LogP contribution in [0.2, 0.25) is 0 Å². The van der Waals surface area contributed by atoms with Gasteiger partial charge in [-0.1, -0.05) is 26.7 Å². The summed E-state index contributed by atoms with van der Waals surface area (Å²) < 4.78 is 0. The molecule has 0 bridgehead atoms. The second-order valence-corrected chi connectivity index (χ2v) is 7.00. The summed E-state index contributed by atoms with van der Waals surface area (Å²) >= 11 is 0. The van der Waals surface area contributed by atoms with Gasteiger partial charge >= 0.3 is 5.97 Å². The van der Waals surface area contributed by atoms with E-state index in [1.54, 1.807) is 0 Å². The molecular weight excluding hydrogens is 254 g/mol. The third kappa shape index (κ3) is 3.74. The van der Waals surface area contributed by atoms with Gasteiger partial charge in [-0.15, -0.1) is 0 Å². The Hall–Kier alpha value is -1.06. The molecule has 0 aromatic heterocycles. The van der Waals surface area contributed by atoms with Crippen LogP contribution < -0.4 is 5.32 Å². The van der Waals surface area contributed by atoms with Gasteiger partial charge in [-0.05, 0) is 43.4 Å². The molecule has 0 spiro atoms. The number of hydrogen-bond acceptors (Lipinski definition) is 2. The van der Waals surface area contributed by atoms with Crippen LogP contribution in [0.25, 0.3) is 0 Å². The topological polar surface area (TPSA) is 66.4 Å². The zero-order valence-electron chi connectivity index (χ0n) is 12.6. The van der Waals surface area contributed by atoms with Crippen molar-refractivity contribution < 1.29 is 14.7 Å². The van der Waals surface area contributed by atoms with Gasteiger partial charge in [0, 0.05) is 6.54 Å². The van der Waals surface area contributed by atoms with Gasteiger partial charge in [-0.2, -0.15) is 0 Å². The first-order valence-electron chi connectivity index (χ1n) is 7.98. The number of hydrogen-bond donors (Lipinski definition) is 2. The van der Waals surface area contributed by atoms with Gasteiger partial charge in [0.05, 0.1) is 11.8 Å². The molecule has 114 valence electrons. The molecule has 2 aliphatic rings. The molecule has 2 rings (SSSR count). The zero-order chi connectivity index (χ0) is 14.7. The van der Waals surface area contributed by atoms with Gasteiger partial charge < -0.3 is 10.4 Å². The summed E-state index contributed by atoms with van der Waals surface area (Å²) in [4.78, 5) is 23.5. The van der Waals surface area contributed by atoms with Crippen LogP contribution in [0.1, 0.15) is 52.4 Å². The van der Waals surface area contributed by atoms with Crippen molar-refractivity contribution in [2.75, 3.05) is 6.54 Å². The second-order valence-electron chi connectivity index (χ2n) is 7.00. The van der Waals surface area contributed by atoms with Crippen molar-refractivity contribution in [3.63, 3.8) is 0 Å². The van der Waals surface area contributed by atoms with Crippen molar-refractivity contribution in [1.82, 2.24) is 5.32 Å². The molecule has 0 saturated heterocycles. The van der Waals surface area contributed by atoms with Crippen LogP contribution in [-0.4, -0.2) is 23.5 Å². The van der Waals surface area contributed by atoms with E-state index >= 15 is 0 Å². The minimum Gasteiger partial charge on any atom is -0.481 e. The normalized spacial score (nSPS) is 37.6. The van der Waals surface area contributed by atoms with Crippen LogP contribution in [0.15, 0.2) is 0 Å². The van der Waals surface area contributed by atoms with E-state index in [0.29, 0.717) is 24.7 Å². The van der Waals surface area contributed by atoms with E-state index in [1.807, 2.05) is 6.92 Å². The van der Waals surface area contributed by atoms with Gasteiger partial charge in [-0.25, -0.2) is 0 Å². The number of carboxylic acid groups (broad SMARTS) is 1. The first kappa shape index (κ1) is 15.3. The summed E-state index contributed by atoms with van der Waals surface area (Å²) in [5.41, 5.74) is 0. The quantitative estimate of drug-likeness (QED) is 0.832. The largest absolute Gasteiger partial charge is 0.481 e. The summed E-state index contributed by atoms with van der Waals surface area (Å²) in [7, 11) is 0. The maximum atomic E-state index is 12.2. The highest BCUT2D eigenvalue weighted by molar-refractivity contribution is 5.85. The van der Waals surface area contributed by atoms with Crippen molar-refractivity contribution in [2.45, 2.75) is 52.4 Å². The molecule has 0 aromatic carbocycles. The maximum absolute atomic E-state index is 12.2. The Morgan fingerprint density at radius 2 is 1.60 bits per heavy atom. The molecule has 4 heteroatoms. The molecule has 20 heavy (non-hydrogen) atoms. The second kappa shape index (κ2) is 6.59. The van der Waals surface area contributed by atoms with E-state index in [-0.39, 0.29) is 11.8 Å². The highest BCUT2D eigenvalue weighted by atomic mass is 16.4. The molecule has 2 aliphatic carbocycles. The number of nitrogens with one attached hydrogen (secondary N) is 1. The summed E-state index contributed by atoms with van der Waals surface area (Å²) in [5.74, 6) is 0.0522. The first-order chi connectivity index (χ1) is 9.47. The number of carbonyl (C=O) groups excluding carboxylic acids is 1. The predicted octanol–water partition coefficient (Wildman–Crippen LogP) is 2.68. The Morgan fingerprint density at radius 3 is 2.20 bits per heavy atom. The summed E-state index contributed by atoms with van der Waals surface area (Å²) in [6.45, 7) is 5.04. The Kier molecular flexibility index (Phi) is 5.06. The molecule has 0 aromatic rings. The Balaban J connectivity index is 1.80. The van der Waals surface area contributed by atoms with Crippen LogP contribution >= 0.6 is 0 Å². The van der Waals surface area contributed by atoms with E-state index in [4.69, 9.17) is 0 Å². The minimum absolute atomic E-state index is 0.0413. The van der Waals surface area contributed by atoms with Crippen molar-refractivity contribution in [3.8, 4) is 0 Å². The average Bonchev–Trinajstić information content (AvgIpc) is 2.80. The van der Waals surface area contributed by atoms with Crippen LogP contribution in [0, 0.1) is 29.6 Å². The highest BCUT2D eigenvalue weighted by Gasteiger charge is 2.41. The number of rotatable bonds is 4. The lowest BCUT2D eigenvalue weighted by atomic mass is 9.83. The lowest BCUT2D eigenvalue weighted by Crippen LogP contribution is -2.38. The standard InChI is InChI=1S/C16H27NO3/c1-10-3-5-12(6-4-10)9-17-15(18)13-7-11(2)8-14(13)16(19)20/h10-14H,3-9H2,1-2H3,(H,17,18)(H,19,20)/t10?,11?,12?,13-,14+/m0/s1. The van der Waals surface area contributed by atoms with Crippen molar-refractivity contribution in [3.05, 3.63) is 0 Å². The fourth-order valence-electron chi connectivity index (χ4n) is 3.76. The van der Waals surface area contributed by atoms with Gasteiger partial charge in [-0.3, -0.25) is 9.59 Å². The van der Waals surface area contributed by atoms with Gasteiger partial charge in [0.15, 0.2) is 0 Å². The molecule has 4 nitrogen and oxygen atoms in total. The Labute approximate surface area is 121 Å². The molecule has 2 N–H and O–H groups in total. The smallest absolute Gasteiger partial charge is 0.307 e. The molecular formula is C16H27NO3. The van der Waals surface area contributed by atoms with E-state index in [0.717, 1.165) is 12.5 Å². The number of carbonyl (C=O) groups is 2. The van der Waals surface area contributed by atoms with E-state index in [2.05, 4.69) is 12.2 Å². The molecule has 0 radical (unpaired) electrons. The molecule has 2 fully saturated rings. The SMILES string of the molecule is CC1CCC(CNC(=O)[C@H]2CC(C)C[C@H]2C(=O)O)CC1. The minimum atomic E-state index is -0.819. The molecule has 0 aliphatic heterocycles. The van der Waals surface area contributed by atoms with Gasteiger partial charge in [0.1, 0.15) is 0 Å². The van der Waals surface area contributed by atoms with E-state index in [9.17, 15) is 14.7 Å². The third-order valence-electron chi connectivity index (χ3n) is 5.15. The number of carboxylic acids is 1. The number of amides is 1. The average molecular weight is 281 g/mol. The highest BCUT2D eigenvalue weighted by Crippen LogP contribution is 2.36. The van der Waals surface area contributed by atoms with Crippen LogP contribution in [-0.2, 0) is 9.59 Å². The Bertz CT molecular complexity index is 361. The third-order valence-corrected chi connectivity index (χ3v) is 5.15. The molecule has 2 saturated carbocycles. The van der Waals surface area contributed by atoms with Crippen LogP contribution in [0.3, 0.4) is 0 Å². The maximum Gasteiger partial charge on any atom is 0.307 e. The van der Waals surface area contributed by atoms with Crippen LogP contribution in [0.4, 0.5) is 0 Å². The predicted molar refractivity (Wildman–Crippen MR) is 77.1 cm³/mol. The van der Waals surface area contributed by atoms with Crippen molar-refractivity contribution >= 4 is 11.9 Å². The fraction of sp³-hybridized carbons (Fsp3) is 0.875. The molecule has 1 unspecified atom stereocenters. The fourth-order valence-corrected chi connectivity index (χ4v) is 3.76.